The van der Waals surface area contributed by atoms with Gasteiger partial charge in [0.25, 0.3) is 0 Å². The van der Waals surface area contributed by atoms with Crippen LogP contribution < -0.4 is 10.1 Å². The zero-order valence-corrected chi connectivity index (χ0v) is 14.8. The average molecular weight is 372 g/mol. The molecule has 0 amide bonds. The highest BCUT2D eigenvalue weighted by Crippen LogP contribution is 2.32. The van der Waals surface area contributed by atoms with E-state index in [1.54, 1.807) is 24.3 Å². The molecule has 5 nitrogen and oxygen atoms in total. The molecule has 2 aromatic carbocycles. The fraction of sp³-hybridized carbons (Fsp3) is 0.0556. The first kappa shape index (κ1) is 17.3. The number of thioether (sulfide) groups is 1. The van der Waals surface area contributed by atoms with Crippen LogP contribution in [0.5, 0.6) is 11.6 Å². The van der Waals surface area contributed by atoms with Crippen LogP contribution >= 0.6 is 23.4 Å². The highest BCUT2D eigenvalue weighted by Gasteiger charge is 2.17. The van der Waals surface area contributed by atoms with Crippen molar-refractivity contribution in [2.45, 2.75) is 5.16 Å². The summed E-state index contributed by atoms with van der Waals surface area (Å²) in [5.74, 6) is 1.11. The first-order chi connectivity index (χ1) is 12.2. The molecule has 1 N–H and O–H groups in total. The van der Waals surface area contributed by atoms with Crippen molar-refractivity contribution >= 4 is 41.2 Å². The van der Waals surface area contributed by atoms with Crippen molar-refractivity contribution in [2.24, 2.45) is 0 Å². The van der Waals surface area contributed by atoms with E-state index in [1.807, 2.05) is 36.6 Å². The number of hydrogen-bond donors (Lipinski definition) is 1. The zero-order chi connectivity index (χ0) is 17.6. The van der Waals surface area contributed by atoms with Gasteiger partial charge >= 0.3 is 0 Å². The molecule has 0 bridgehead atoms. The molecule has 0 saturated heterocycles. The second-order valence-corrected chi connectivity index (χ2v) is 6.10. The van der Waals surface area contributed by atoms with E-state index >= 15 is 0 Å². The Hall–Kier alpha value is -2.57. The Balaban J connectivity index is 2.04. The van der Waals surface area contributed by atoms with Gasteiger partial charge in [-0.25, -0.2) is 4.98 Å². The van der Waals surface area contributed by atoms with Crippen molar-refractivity contribution < 1.29 is 9.53 Å². The lowest BCUT2D eigenvalue weighted by Crippen LogP contribution is -2.05. The van der Waals surface area contributed by atoms with Gasteiger partial charge in [-0.3, -0.25) is 4.79 Å². The Labute approximate surface area is 154 Å². The molecule has 25 heavy (non-hydrogen) atoms. The molecule has 0 atom stereocenters. The topological polar surface area (TPSA) is 64.1 Å². The highest BCUT2D eigenvalue weighted by molar-refractivity contribution is 7.98. The van der Waals surface area contributed by atoms with Crippen LogP contribution in [0.1, 0.15) is 10.4 Å². The van der Waals surface area contributed by atoms with E-state index in [0.717, 1.165) is 0 Å². The number of carbonyl (C=O) groups is 1. The van der Waals surface area contributed by atoms with Gasteiger partial charge < -0.3 is 10.1 Å². The maximum Gasteiger partial charge on any atom is 0.236 e. The minimum atomic E-state index is 0.190. The first-order valence-corrected chi connectivity index (χ1v) is 8.97. The minimum Gasteiger partial charge on any atom is -0.438 e. The lowest BCUT2D eigenvalue weighted by molar-refractivity contribution is 0.112. The average Bonchev–Trinajstić information content (AvgIpc) is 2.64. The zero-order valence-electron chi connectivity index (χ0n) is 13.3. The Morgan fingerprint density at radius 3 is 2.48 bits per heavy atom. The third kappa shape index (κ3) is 4.10. The molecule has 0 aliphatic heterocycles. The second-order valence-electron chi connectivity index (χ2n) is 4.92. The molecule has 0 fully saturated rings. The van der Waals surface area contributed by atoms with Crippen LogP contribution in [0.3, 0.4) is 0 Å². The number of carbonyl (C=O) groups excluding carboxylic acids is 1. The third-order valence-electron chi connectivity index (χ3n) is 3.28. The number of nitrogens with zero attached hydrogens (tertiary/aromatic N) is 2. The maximum atomic E-state index is 11.7. The predicted molar refractivity (Wildman–Crippen MR) is 100 cm³/mol. The summed E-state index contributed by atoms with van der Waals surface area (Å²) in [6.45, 7) is 0. The third-order valence-corrected chi connectivity index (χ3v) is 4.15. The highest BCUT2D eigenvalue weighted by atomic mass is 35.5. The lowest BCUT2D eigenvalue weighted by Gasteiger charge is -2.14. The molecule has 0 radical (unpaired) electrons. The molecule has 7 heteroatoms. The molecular formula is C18H14ClN3O2S. The van der Waals surface area contributed by atoms with E-state index in [2.05, 4.69) is 15.3 Å². The fourth-order valence-electron chi connectivity index (χ4n) is 2.09. The van der Waals surface area contributed by atoms with Gasteiger partial charge in [-0.1, -0.05) is 53.7 Å². The van der Waals surface area contributed by atoms with Crippen LogP contribution in [-0.4, -0.2) is 22.5 Å². The van der Waals surface area contributed by atoms with Gasteiger partial charge in [0.2, 0.25) is 5.88 Å². The van der Waals surface area contributed by atoms with Crippen molar-refractivity contribution in [3.63, 3.8) is 0 Å². The summed E-state index contributed by atoms with van der Waals surface area (Å²) < 4.78 is 5.78. The standard InChI is InChI=1S/C18H14ClN3O2S/c1-25-18-21-16(20-15-10-6-5-9-14(15)19)13(11-23)17(22-18)24-12-7-3-2-4-8-12/h2-11H,1H3,(H,20,21,22). The lowest BCUT2D eigenvalue weighted by atomic mass is 10.2. The number of benzene rings is 2. The number of halogens is 1. The van der Waals surface area contributed by atoms with Crippen LogP contribution in [0, 0.1) is 0 Å². The smallest absolute Gasteiger partial charge is 0.236 e. The first-order valence-electron chi connectivity index (χ1n) is 7.37. The number of aldehydes is 1. The minimum absolute atomic E-state index is 0.190. The van der Waals surface area contributed by atoms with Gasteiger partial charge in [-0.15, -0.1) is 0 Å². The molecule has 1 heterocycles. The number of rotatable bonds is 6. The Bertz CT molecular complexity index is 891. The molecule has 0 saturated carbocycles. The number of aromatic nitrogens is 2. The number of ether oxygens (including phenoxy) is 1. The number of anilines is 2. The Morgan fingerprint density at radius 2 is 1.80 bits per heavy atom. The molecular weight excluding hydrogens is 358 g/mol. The monoisotopic (exact) mass is 371 g/mol. The van der Waals surface area contributed by atoms with E-state index in [4.69, 9.17) is 16.3 Å². The van der Waals surface area contributed by atoms with Crippen LogP contribution in [0.4, 0.5) is 11.5 Å². The van der Waals surface area contributed by atoms with Gasteiger partial charge in [0.1, 0.15) is 17.1 Å². The van der Waals surface area contributed by atoms with Gasteiger partial charge in [0.05, 0.1) is 10.7 Å². The molecule has 3 rings (SSSR count). The molecule has 3 aromatic rings. The SMILES string of the molecule is CSc1nc(Nc2ccccc2Cl)c(C=O)c(Oc2ccccc2)n1. The Morgan fingerprint density at radius 1 is 1.08 bits per heavy atom. The summed E-state index contributed by atoms with van der Waals surface area (Å²) in [7, 11) is 0. The van der Waals surface area contributed by atoms with Crippen LogP contribution in [0.2, 0.25) is 5.02 Å². The second kappa shape index (κ2) is 8.00. The van der Waals surface area contributed by atoms with Gasteiger partial charge in [-0.05, 0) is 30.5 Å². The van der Waals surface area contributed by atoms with E-state index in [-0.39, 0.29) is 11.4 Å². The predicted octanol–water partition coefficient (Wildman–Crippen LogP) is 5.20. The van der Waals surface area contributed by atoms with Crippen LogP contribution in [0.15, 0.2) is 59.8 Å². The van der Waals surface area contributed by atoms with Crippen molar-refractivity contribution in [3.05, 3.63) is 65.2 Å². The largest absolute Gasteiger partial charge is 0.438 e. The quantitative estimate of drug-likeness (QED) is 0.365. The van der Waals surface area contributed by atoms with Crippen molar-refractivity contribution in [3.8, 4) is 11.6 Å². The maximum absolute atomic E-state index is 11.7. The van der Waals surface area contributed by atoms with E-state index in [0.29, 0.717) is 33.7 Å². The summed E-state index contributed by atoms with van der Waals surface area (Å²) in [6, 6.07) is 16.4. The number of nitrogens with one attached hydrogen (secondary N) is 1. The van der Waals surface area contributed by atoms with Gasteiger partial charge in [0.15, 0.2) is 11.4 Å². The molecule has 126 valence electrons. The van der Waals surface area contributed by atoms with Crippen LogP contribution in [-0.2, 0) is 0 Å². The van der Waals surface area contributed by atoms with E-state index < -0.39 is 0 Å². The number of para-hydroxylation sites is 2. The number of hydrogen-bond acceptors (Lipinski definition) is 6. The fourth-order valence-corrected chi connectivity index (χ4v) is 2.63. The molecule has 1 aromatic heterocycles. The normalized spacial score (nSPS) is 10.3. The molecule has 0 spiro atoms. The molecule has 0 aliphatic rings. The van der Waals surface area contributed by atoms with E-state index in [9.17, 15) is 4.79 Å². The summed E-state index contributed by atoms with van der Waals surface area (Å²) >= 11 is 7.53. The van der Waals surface area contributed by atoms with Gasteiger partial charge in [-0.2, -0.15) is 4.98 Å². The summed E-state index contributed by atoms with van der Waals surface area (Å²) in [5, 5.41) is 4.09. The molecule has 0 unspecified atom stereocenters. The Kier molecular flexibility index (Phi) is 5.53. The summed E-state index contributed by atoms with van der Waals surface area (Å²) in [5.41, 5.74) is 0.866. The van der Waals surface area contributed by atoms with Crippen LogP contribution in [0.25, 0.3) is 0 Å². The van der Waals surface area contributed by atoms with Crippen molar-refractivity contribution in [2.75, 3.05) is 11.6 Å². The summed E-state index contributed by atoms with van der Waals surface area (Å²) in [6.07, 6.45) is 2.52. The van der Waals surface area contributed by atoms with E-state index in [1.165, 1.54) is 11.8 Å². The van der Waals surface area contributed by atoms with Gasteiger partial charge in [0, 0.05) is 0 Å². The molecule has 0 aliphatic carbocycles. The van der Waals surface area contributed by atoms with Crippen molar-refractivity contribution in [1.29, 1.82) is 0 Å². The van der Waals surface area contributed by atoms with Crippen molar-refractivity contribution in [1.82, 2.24) is 9.97 Å². The summed E-state index contributed by atoms with van der Waals surface area (Å²) in [4.78, 5) is 20.4.